The van der Waals surface area contributed by atoms with E-state index in [-0.39, 0.29) is 12.0 Å². The van der Waals surface area contributed by atoms with Crippen LogP contribution in [-0.4, -0.2) is 24.8 Å². The highest BCUT2D eigenvalue weighted by Gasteiger charge is 2.07. The SMILES string of the molecule is CC/C=C\C(=N/C(C)C)C(=O)OC. The van der Waals surface area contributed by atoms with Crippen LogP contribution in [-0.2, 0) is 9.53 Å². The molecular weight excluding hydrogens is 166 g/mol. The lowest BCUT2D eigenvalue weighted by atomic mass is 10.3. The minimum Gasteiger partial charge on any atom is -0.464 e. The monoisotopic (exact) mass is 183 g/mol. The number of esters is 1. The maximum absolute atomic E-state index is 11.1. The van der Waals surface area contributed by atoms with Crippen molar-refractivity contribution in [3.05, 3.63) is 12.2 Å². The Morgan fingerprint density at radius 1 is 1.54 bits per heavy atom. The van der Waals surface area contributed by atoms with Crippen molar-refractivity contribution in [2.75, 3.05) is 7.11 Å². The zero-order chi connectivity index (χ0) is 10.3. The first-order valence-electron chi connectivity index (χ1n) is 4.44. The topological polar surface area (TPSA) is 38.7 Å². The number of ether oxygens (including phenoxy) is 1. The molecule has 13 heavy (non-hydrogen) atoms. The Morgan fingerprint density at radius 2 is 2.15 bits per heavy atom. The van der Waals surface area contributed by atoms with Crippen molar-refractivity contribution in [3.8, 4) is 0 Å². The molecule has 0 saturated heterocycles. The van der Waals surface area contributed by atoms with Gasteiger partial charge in [-0.3, -0.25) is 4.99 Å². The van der Waals surface area contributed by atoms with Crippen LogP contribution in [0.5, 0.6) is 0 Å². The normalized spacial score (nSPS) is 12.5. The third-order valence-corrected chi connectivity index (χ3v) is 1.30. The van der Waals surface area contributed by atoms with Gasteiger partial charge in [0.05, 0.1) is 7.11 Å². The van der Waals surface area contributed by atoms with Gasteiger partial charge >= 0.3 is 5.97 Å². The summed E-state index contributed by atoms with van der Waals surface area (Å²) in [6.45, 7) is 5.84. The number of hydrogen-bond acceptors (Lipinski definition) is 3. The standard InChI is InChI=1S/C10H17NO2/c1-5-6-7-9(10(12)13-4)11-8(2)3/h6-8H,5H2,1-4H3/b7-6-,11-9+. The van der Waals surface area contributed by atoms with E-state index < -0.39 is 0 Å². The van der Waals surface area contributed by atoms with Gasteiger partial charge in [-0.15, -0.1) is 0 Å². The van der Waals surface area contributed by atoms with E-state index in [1.165, 1.54) is 7.11 Å². The molecule has 0 aliphatic rings. The predicted molar refractivity (Wildman–Crippen MR) is 54.0 cm³/mol. The highest BCUT2D eigenvalue weighted by Crippen LogP contribution is 1.94. The second kappa shape index (κ2) is 6.40. The van der Waals surface area contributed by atoms with Gasteiger partial charge in [-0.1, -0.05) is 13.0 Å². The molecule has 0 aromatic carbocycles. The fourth-order valence-corrected chi connectivity index (χ4v) is 0.776. The average Bonchev–Trinajstić information content (AvgIpc) is 2.10. The van der Waals surface area contributed by atoms with E-state index in [9.17, 15) is 4.79 Å². The molecule has 74 valence electrons. The summed E-state index contributed by atoms with van der Waals surface area (Å²) < 4.78 is 4.59. The average molecular weight is 183 g/mol. The van der Waals surface area contributed by atoms with Crippen molar-refractivity contribution in [3.63, 3.8) is 0 Å². The van der Waals surface area contributed by atoms with E-state index in [1.54, 1.807) is 6.08 Å². The Kier molecular flexibility index (Phi) is 5.85. The first-order chi connectivity index (χ1) is 6.11. The molecule has 0 radical (unpaired) electrons. The Balaban J connectivity index is 4.55. The van der Waals surface area contributed by atoms with Crippen LogP contribution >= 0.6 is 0 Å². The molecule has 0 rings (SSSR count). The van der Waals surface area contributed by atoms with Crippen molar-refractivity contribution >= 4 is 11.7 Å². The molecule has 0 heterocycles. The number of aliphatic imine (C=N–C) groups is 1. The van der Waals surface area contributed by atoms with E-state index >= 15 is 0 Å². The molecule has 0 unspecified atom stereocenters. The van der Waals surface area contributed by atoms with Crippen LogP contribution in [0, 0.1) is 0 Å². The zero-order valence-corrected chi connectivity index (χ0v) is 8.70. The molecular formula is C10H17NO2. The third kappa shape index (κ3) is 5.17. The fourth-order valence-electron chi connectivity index (χ4n) is 0.776. The number of rotatable bonds is 4. The fraction of sp³-hybridized carbons (Fsp3) is 0.600. The van der Waals surface area contributed by atoms with E-state index in [2.05, 4.69) is 9.73 Å². The van der Waals surface area contributed by atoms with Crippen molar-refractivity contribution < 1.29 is 9.53 Å². The second-order valence-corrected chi connectivity index (χ2v) is 2.91. The molecule has 3 heteroatoms. The van der Waals surface area contributed by atoms with Gasteiger partial charge in [0.15, 0.2) is 0 Å². The first kappa shape index (κ1) is 11.9. The van der Waals surface area contributed by atoms with E-state index in [0.29, 0.717) is 5.71 Å². The molecule has 0 aliphatic carbocycles. The quantitative estimate of drug-likeness (QED) is 0.493. The molecule has 0 bridgehead atoms. The van der Waals surface area contributed by atoms with Crippen LogP contribution in [0.2, 0.25) is 0 Å². The summed E-state index contributed by atoms with van der Waals surface area (Å²) in [4.78, 5) is 15.3. The lowest BCUT2D eigenvalue weighted by Gasteiger charge is -2.01. The van der Waals surface area contributed by atoms with Gasteiger partial charge in [-0.2, -0.15) is 0 Å². The molecule has 0 aromatic rings. The minimum atomic E-state index is -0.376. The lowest BCUT2D eigenvalue weighted by Crippen LogP contribution is -2.15. The number of hydrogen-bond donors (Lipinski definition) is 0. The Hall–Kier alpha value is -1.12. The second-order valence-electron chi connectivity index (χ2n) is 2.91. The van der Waals surface area contributed by atoms with Crippen molar-refractivity contribution in [1.82, 2.24) is 0 Å². The molecule has 0 amide bonds. The van der Waals surface area contributed by atoms with Crippen molar-refractivity contribution in [2.45, 2.75) is 33.2 Å². The maximum Gasteiger partial charge on any atom is 0.356 e. The summed E-state index contributed by atoms with van der Waals surface area (Å²) in [5.41, 5.74) is 0.388. The van der Waals surface area contributed by atoms with Crippen LogP contribution in [0.4, 0.5) is 0 Å². The molecule has 0 aromatic heterocycles. The van der Waals surface area contributed by atoms with Crippen LogP contribution < -0.4 is 0 Å². The highest BCUT2D eigenvalue weighted by molar-refractivity contribution is 6.41. The molecule has 0 N–H and O–H groups in total. The zero-order valence-electron chi connectivity index (χ0n) is 8.70. The molecule has 0 aliphatic heterocycles. The molecule has 0 fully saturated rings. The van der Waals surface area contributed by atoms with Gasteiger partial charge in [-0.05, 0) is 26.3 Å². The van der Waals surface area contributed by atoms with Gasteiger partial charge in [0, 0.05) is 6.04 Å². The van der Waals surface area contributed by atoms with E-state index in [1.807, 2.05) is 26.8 Å². The Morgan fingerprint density at radius 3 is 2.54 bits per heavy atom. The van der Waals surface area contributed by atoms with Crippen molar-refractivity contribution in [1.29, 1.82) is 0 Å². The maximum atomic E-state index is 11.1. The number of carbonyl (C=O) groups is 1. The van der Waals surface area contributed by atoms with Crippen molar-refractivity contribution in [2.24, 2.45) is 4.99 Å². The number of allylic oxidation sites excluding steroid dienone is 1. The van der Waals surface area contributed by atoms with Crippen LogP contribution in [0.1, 0.15) is 27.2 Å². The van der Waals surface area contributed by atoms with Gasteiger partial charge in [0.25, 0.3) is 0 Å². The van der Waals surface area contributed by atoms with Crippen LogP contribution in [0.25, 0.3) is 0 Å². The summed E-state index contributed by atoms with van der Waals surface area (Å²) in [5.74, 6) is -0.376. The number of methoxy groups -OCH3 is 1. The summed E-state index contributed by atoms with van der Waals surface area (Å²) in [6, 6.07) is 0.107. The number of nitrogens with zero attached hydrogens (tertiary/aromatic N) is 1. The molecule has 0 saturated carbocycles. The highest BCUT2D eigenvalue weighted by atomic mass is 16.5. The van der Waals surface area contributed by atoms with E-state index in [4.69, 9.17) is 0 Å². The number of carbonyl (C=O) groups excluding carboxylic acids is 1. The summed E-state index contributed by atoms with van der Waals surface area (Å²) in [6.07, 6.45) is 4.47. The lowest BCUT2D eigenvalue weighted by molar-refractivity contribution is -0.132. The van der Waals surface area contributed by atoms with Crippen LogP contribution in [0.15, 0.2) is 17.1 Å². The Bertz CT molecular complexity index is 217. The minimum absolute atomic E-state index is 0.107. The largest absolute Gasteiger partial charge is 0.464 e. The molecule has 0 atom stereocenters. The molecule has 3 nitrogen and oxygen atoms in total. The summed E-state index contributed by atoms with van der Waals surface area (Å²) in [7, 11) is 1.36. The van der Waals surface area contributed by atoms with Gasteiger partial charge < -0.3 is 4.74 Å². The van der Waals surface area contributed by atoms with Crippen LogP contribution in [0.3, 0.4) is 0 Å². The first-order valence-corrected chi connectivity index (χ1v) is 4.44. The smallest absolute Gasteiger partial charge is 0.356 e. The molecule has 0 spiro atoms. The predicted octanol–water partition coefficient (Wildman–Crippen LogP) is 1.97. The van der Waals surface area contributed by atoms with Gasteiger partial charge in [-0.25, -0.2) is 4.79 Å². The summed E-state index contributed by atoms with van der Waals surface area (Å²) >= 11 is 0. The van der Waals surface area contributed by atoms with Gasteiger partial charge in [0.2, 0.25) is 0 Å². The van der Waals surface area contributed by atoms with Gasteiger partial charge in [0.1, 0.15) is 5.71 Å². The summed E-state index contributed by atoms with van der Waals surface area (Å²) in [5, 5.41) is 0. The Labute approximate surface area is 79.5 Å². The third-order valence-electron chi connectivity index (χ3n) is 1.30. The van der Waals surface area contributed by atoms with E-state index in [0.717, 1.165) is 6.42 Å².